The Hall–Kier alpha value is -2.38. The average Bonchev–Trinajstić information content (AvgIpc) is 3.27. The maximum atomic E-state index is 12.3. The molecule has 120 valence electrons. The maximum Gasteiger partial charge on any atom is 0.271 e. The molecule has 0 aliphatic rings. The molecule has 0 atom stereocenters. The lowest BCUT2D eigenvalue weighted by molar-refractivity contribution is 0.426. The molecule has 0 amide bonds. The van der Waals surface area contributed by atoms with E-state index in [0.717, 1.165) is 22.5 Å². The minimum atomic E-state index is -0.0115. The van der Waals surface area contributed by atoms with E-state index in [1.54, 1.807) is 11.6 Å². The lowest BCUT2D eigenvalue weighted by Gasteiger charge is -2.05. The van der Waals surface area contributed by atoms with Gasteiger partial charge in [0.1, 0.15) is 4.70 Å². The van der Waals surface area contributed by atoms with Crippen LogP contribution in [0.15, 0.2) is 62.3 Å². The predicted molar refractivity (Wildman–Crippen MR) is 96.4 cm³/mol. The van der Waals surface area contributed by atoms with E-state index in [4.69, 9.17) is 4.52 Å². The summed E-state index contributed by atoms with van der Waals surface area (Å²) in [7, 11) is 1.75. The molecule has 0 radical (unpaired) electrons. The number of thioether (sulfide) groups is 1. The fourth-order valence-electron chi connectivity index (χ4n) is 2.35. The third-order valence-corrected chi connectivity index (χ3v) is 5.57. The number of hydrogen-bond acceptors (Lipinski definition) is 6. The lowest BCUT2D eigenvalue weighted by atomic mass is 10.2. The van der Waals surface area contributed by atoms with Gasteiger partial charge in [0.05, 0.1) is 11.2 Å². The van der Waals surface area contributed by atoms with E-state index in [-0.39, 0.29) is 5.56 Å². The second-order valence-corrected chi connectivity index (χ2v) is 7.09. The summed E-state index contributed by atoms with van der Waals surface area (Å²) in [6, 6.07) is 13.6. The summed E-state index contributed by atoms with van der Waals surface area (Å²) in [5, 5.41) is 6.67. The van der Waals surface area contributed by atoms with Crippen LogP contribution in [0.3, 0.4) is 0 Å². The number of nitrogens with zero attached hydrogens (tertiary/aromatic N) is 3. The second-order valence-electron chi connectivity index (χ2n) is 5.23. The van der Waals surface area contributed by atoms with E-state index in [9.17, 15) is 4.79 Å². The molecular weight excluding hydrogens is 342 g/mol. The number of fused-ring (bicyclic) bond motifs is 1. The molecule has 0 spiro atoms. The minimum Gasteiger partial charge on any atom is -0.356 e. The van der Waals surface area contributed by atoms with Gasteiger partial charge in [0.25, 0.3) is 5.56 Å². The highest BCUT2D eigenvalue weighted by Gasteiger charge is 2.12. The molecule has 4 rings (SSSR count). The van der Waals surface area contributed by atoms with Gasteiger partial charge < -0.3 is 4.52 Å². The zero-order chi connectivity index (χ0) is 16.5. The highest BCUT2D eigenvalue weighted by molar-refractivity contribution is 7.98. The van der Waals surface area contributed by atoms with Crippen LogP contribution in [-0.4, -0.2) is 14.7 Å². The second kappa shape index (κ2) is 6.26. The number of aromatic nitrogens is 3. The molecule has 3 heterocycles. The van der Waals surface area contributed by atoms with Crippen LogP contribution in [0.5, 0.6) is 0 Å². The van der Waals surface area contributed by atoms with Crippen molar-refractivity contribution in [1.29, 1.82) is 0 Å². The summed E-state index contributed by atoms with van der Waals surface area (Å²) in [6.07, 6.45) is 0. The first-order chi connectivity index (χ1) is 11.7. The molecule has 0 aliphatic carbocycles. The Morgan fingerprint density at radius 3 is 2.92 bits per heavy atom. The molecule has 4 aromatic rings. The number of hydrogen-bond donors (Lipinski definition) is 0. The van der Waals surface area contributed by atoms with Gasteiger partial charge in [-0.2, -0.15) is 0 Å². The van der Waals surface area contributed by atoms with Crippen molar-refractivity contribution in [1.82, 2.24) is 14.7 Å². The van der Waals surface area contributed by atoms with E-state index < -0.39 is 0 Å². The predicted octanol–water partition coefficient (Wildman–Crippen LogP) is 3.94. The highest BCUT2D eigenvalue weighted by Crippen LogP contribution is 2.25. The van der Waals surface area contributed by atoms with E-state index >= 15 is 0 Å². The third kappa shape index (κ3) is 2.76. The first-order valence-corrected chi connectivity index (χ1v) is 9.17. The zero-order valence-corrected chi connectivity index (χ0v) is 14.4. The van der Waals surface area contributed by atoms with Crippen LogP contribution in [-0.2, 0) is 12.8 Å². The summed E-state index contributed by atoms with van der Waals surface area (Å²) < 4.78 is 7.67. The Morgan fingerprint density at radius 2 is 2.08 bits per heavy atom. The first-order valence-electron chi connectivity index (χ1n) is 7.30. The molecule has 0 aliphatic heterocycles. The fourth-order valence-corrected chi connectivity index (χ4v) is 4.01. The first kappa shape index (κ1) is 15.2. The van der Waals surface area contributed by atoms with Crippen LogP contribution in [0.2, 0.25) is 0 Å². The van der Waals surface area contributed by atoms with Crippen LogP contribution < -0.4 is 5.56 Å². The summed E-state index contributed by atoms with van der Waals surface area (Å²) in [5.74, 6) is 1.33. The quantitative estimate of drug-likeness (QED) is 0.410. The van der Waals surface area contributed by atoms with Crippen molar-refractivity contribution in [2.45, 2.75) is 10.9 Å². The molecular formula is C17H13N3O2S2. The summed E-state index contributed by atoms with van der Waals surface area (Å²) in [4.78, 5) is 16.9. The van der Waals surface area contributed by atoms with Crippen LogP contribution >= 0.6 is 23.1 Å². The maximum absolute atomic E-state index is 12.3. The summed E-state index contributed by atoms with van der Waals surface area (Å²) in [5.41, 5.74) is 2.54. The van der Waals surface area contributed by atoms with E-state index in [1.165, 1.54) is 23.1 Å². The van der Waals surface area contributed by atoms with Gasteiger partial charge >= 0.3 is 0 Å². The number of thiophene rings is 1. The van der Waals surface area contributed by atoms with Crippen LogP contribution in [0.1, 0.15) is 5.69 Å². The molecule has 0 fully saturated rings. The Bertz CT molecular complexity index is 1050. The molecule has 0 bridgehead atoms. The van der Waals surface area contributed by atoms with Gasteiger partial charge in [0, 0.05) is 24.4 Å². The van der Waals surface area contributed by atoms with Crippen LogP contribution in [0, 0.1) is 0 Å². The number of rotatable bonds is 4. The standard InChI is InChI=1S/C17H13N3O2S2/c1-20-16(21)15-13(7-8-23-15)18-17(20)24-10-12-9-14(22-19-12)11-5-3-2-4-6-11/h2-9H,10H2,1H3. The number of benzene rings is 1. The molecule has 0 saturated heterocycles. The molecule has 0 N–H and O–H groups in total. The van der Waals surface area contributed by atoms with Gasteiger partial charge in [-0.15, -0.1) is 11.3 Å². The van der Waals surface area contributed by atoms with Crippen molar-refractivity contribution in [2.75, 3.05) is 0 Å². The van der Waals surface area contributed by atoms with Gasteiger partial charge in [-0.1, -0.05) is 47.3 Å². The fraction of sp³-hybridized carbons (Fsp3) is 0.118. The van der Waals surface area contributed by atoms with E-state index in [1.807, 2.05) is 47.8 Å². The Kier molecular flexibility index (Phi) is 3.95. The molecule has 24 heavy (non-hydrogen) atoms. The molecule has 3 aromatic heterocycles. The lowest BCUT2D eigenvalue weighted by Crippen LogP contribution is -2.18. The molecule has 5 nitrogen and oxygen atoms in total. The van der Waals surface area contributed by atoms with Crippen molar-refractivity contribution in [3.05, 3.63) is 63.9 Å². The molecule has 7 heteroatoms. The highest BCUT2D eigenvalue weighted by atomic mass is 32.2. The van der Waals surface area contributed by atoms with Crippen molar-refractivity contribution in [3.63, 3.8) is 0 Å². The summed E-state index contributed by atoms with van der Waals surface area (Å²) >= 11 is 2.89. The van der Waals surface area contributed by atoms with E-state index in [2.05, 4.69) is 10.1 Å². The van der Waals surface area contributed by atoms with Gasteiger partial charge in [-0.05, 0) is 11.4 Å². The Balaban J connectivity index is 1.56. The third-order valence-electron chi connectivity index (χ3n) is 3.61. The zero-order valence-electron chi connectivity index (χ0n) is 12.8. The van der Waals surface area contributed by atoms with Crippen LogP contribution in [0.4, 0.5) is 0 Å². The molecule has 0 saturated carbocycles. The normalized spacial score (nSPS) is 11.2. The SMILES string of the molecule is Cn1c(SCc2cc(-c3ccccc3)on2)nc2ccsc2c1=O. The Morgan fingerprint density at radius 1 is 1.25 bits per heavy atom. The van der Waals surface area contributed by atoms with Gasteiger partial charge in [0.15, 0.2) is 10.9 Å². The van der Waals surface area contributed by atoms with Gasteiger partial charge in [-0.3, -0.25) is 9.36 Å². The average molecular weight is 355 g/mol. The Labute approximate surface area is 145 Å². The van der Waals surface area contributed by atoms with Gasteiger partial charge in [-0.25, -0.2) is 4.98 Å². The summed E-state index contributed by atoms with van der Waals surface area (Å²) in [6.45, 7) is 0. The van der Waals surface area contributed by atoms with Crippen LogP contribution in [0.25, 0.3) is 21.5 Å². The van der Waals surface area contributed by atoms with E-state index in [0.29, 0.717) is 15.6 Å². The molecule has 0 unspecified atom stereocenters. The van der Waals surface area contributed by atoms with Crippen molar-refractivity contribution < 1.29 is 4.52 Å². The van der Waals surface area contributed by atoms with Crippen molar-refractivity contribution >= 4 is 33.3 Å². The van der Waals surface area contributed by atoms with Gasteiger partial charge in [0.2, 0.25) is 0 Å². The smallest absolute Gasteiger partial charge is 0.271 e. The monoisotopic (exact) mass is 355 g/mol. The topological polar surface area (TPSA) is 60.9 Å². The minimum absolute atomic E-state index is 0.0115. The largest absolute Gasteiger partial charge is 0.356 e. The molecule has 1 aromatic carbocycles. The van der Waals surface area contributed by atoms with Crippen molar-refractivity contribution in [2.24, 2.45) is 7.05 Å². The van der Waals surface area contributed by atoms with Crippen molar-refractivity contribution in [3.8, 4) is 11.3 Å².